The third-order valence-electron chi connectivity index (χ3n) is 4.53. The van der Waals surface area contributed by atoms with Crippen LogP contribution >= 0.6 is 0 Å². The van der Waals surface area contributed by atoms with Crippen molar-refractivity contribution < 1.29 is 14.0 Å². The predicted octanol–water partition coefficient (Wildman–Crippen LogP) is 3.02. The highest BCUT2D eigenvalue weighted by Gasteiger charge is 2.29. The van der Waals surface area contributed by atoms with Crippen LogP contribution in [0.25, 0.3) is 0 Å². The van der Waals surface area contributed by atoms with Gasteiger partial charge in [0, 0.05) is 24.9 Å². The molecule has 0 aliphatic heterocycles. The van der Waals surface area contributed by atoms with Gasteiger partial charge < -0.3 is 10.6 Å². The van der Waals surface area contributed by atoms with E-state index in [9.17, 15) is 14.0 Å². The largest absolute Gasteiger partial charge is 0.356 e. The first-order valence-corrected chi connectivity index (χ1v) is 8.75. The molecule has 1 saturated carbocycles. The molecule has 1 aliphatic rings. The van der Waals surface area contributed by atoms with E-state index in [1.165, 1.54) is 12.1 Å². The number of hydrogen-bond acceptors (Lipinski definition) is 2. The molecule has 1 fully saturated rings. The van der Waals surface area contributed by atoms with Gasteiger partial charge in [-0.3, -0.25) is 9.59 Å². The fourth-order valence-corrected chi connectivity index (χ4v) is 3.00. The lowest BCUT2D eigenvalue weighted by molar-refractivity contribution is -0.130. The highest BCUT2D eigenvalue weighted by Crippen LogP contribution is 2.29. The number of rotatable bonds is 6. The van der Waals surface area contributed by atoms with E-state index < -0.39 is 0 Å². The van der Waals surface area contributed by atoms with E-state index in [4.69, 9.17) is 0 Å². The Bertz CT molecular complexity index is 549. The van der Waals surface area contributed by atoms with Crippen molar-refractivity contribution in [1.82, 2.24) is 10.6 Å². The summed E-state index contributed by atoms with van der Waals surface area (Å²) in [4.78, 5) is 24.3. The molecule has 132 valence electrons. The molecule has 1 aliphatic carbocycles. The van der Waals surface area contributed by atoms with Gasteiger partial charge in [0.05, 0.1) is 0 Å². The molecule has 1 aromatic rings. The molecule has 0 spiro atoms. The van der Waals surface area contributed by atoms with Crippen LogP contribution in [0.1, 0.15) is 45.1 Å². The zero-order valence-corrected chi connectivity index (χ0v) is 14.5. The molecule has 0 bridgehead atoms. The third-order valence-corrected chi connectivity index (χ3v) is 4.53. The Morgan fingerprint density at radius 3 is 2.00 bits per heavy atom. The molecular formula is C19H27FN2O2. The maximum atomic E-state index is 12.9. The molecule has 2 amide bonds. The minimum atomic E-state index is -0.279. The third kappa shape index (κ3) is 5.62. The zero-order valence-electron chi connectivity index (χ0n) is 14.5. The van der Waals surface area contributed by atoms with Gasteiger partial charge in [-0.05, 0) is 49.3 Å². The Hall–Kier alpha value is -1.91. The van der Waals surface area contributed by atoms with Crippen LogP contribution in [0.2, 0.25) is 0 Å². The van der Waals surface area contributed by atoms with Gasteiger partial charge in [-0.25, -0.2) is 4.39 Å². The second kappa shape index (κ2) is 8.81. The van der Waals surface area contributed by atoms with Gasteiger partial charge in [-0.1, -0.05) is 26.0 Å². The first kappa shape index (κ1) is 18.4. The molecule has 0 aromatic heterocycles. The minimum absolute atomic E-state index is 0.0281. The molecule has 0 unspecified atom stereocenters. The second-order valence-corrected chi connectivity index (χ2v) is 7.03. The summed E-state index contributed by atoms with van der Waals surface area (Å²) in [6, 6.07) is 6.13. The Morgan fingerprint density at radius 1 is 1.00 bits per heavy atom. The van der Waals surface area contributed by atoms with Crippen molar-refractivity contribution in [2.45, 2.75) is 46.1 Å². The van der Waals surface area contributed by atoms with Gasteiger partial charge in [0.25, 0.3) is 0 Å². The maximum Gasteiger partial charge on any atom is 0.223 e. The van der Waals surface area contributed by atoms with E-state index in [2.05, 4.69) is 24.5 Å². The van der Waals surface area contributed by atoms with Crippen molar-refractivity contribution in [2.24, 2.45) is 17.8 Å². The molecule has 2 rings (SSSR count). The van der Waals surface area contributed by atoms with Crippen molar-refractivity contribution in [3.63, 3.8) is 0 Å². The summed E-state index contributed by atoms with van der Waals surface area (Å²) < 4.78 is 12.9. The van der Waals surface area contributed by atoms with Crippen LogP contribution in [0.4, 0.5) is 4.39 Å². The van der Waals surface area contributed by atoms with E-state index in [1.807, 2.05) is 0 Å². The van der Waals surface area contributed by atoms with Crippen molar-refractivity contribution in [3.05, 3.63) is 35.6 Å². The molecule has 5 heteroatoms. The smallest absolute Gasteiger partial charge is 0.223 e. The lowest BCUT2D eigenvalue weighted by Gasteiger charge is -2.27. The summed E-state index contributed by atoms with van der Waals surface area (Å²) in [5, 5.41) is 5.89. The molecule has 4 nitrogen and oxygen atoms in total. The first-order valence-electron chi connectivity index (χ1n) is 8.75. The van der Waals surface area contributed by atoms with Crippen molar-refractivity contribution in [2.75, 3.05) is 6.54 Å². The van der Waals surface area contributed by atoms with Crippen LogP contribution in [0, 0.1) is 23.6 Å². The number of benzene rings is 1. The topological polar surface area (TPSA) is 58.2 Å². The highest BCUT2D eigenvalue weighted by molar-refractivity contribution is 5.81. The van der Waals surface area contributed by atoms with Crippen LogP contribution in [-0.4, -0.2) is 18.4 Å². The van der Waals surface area contributed by atoms with Crippen LogP contribution in [0.3, 0.4) is 0 Å². The number of carbonyl (C=O) groups is 2. The summed E-state index contributed by atoms with van der Waals surface area (Å²) in [7, 11) is 0. The molecule has 0 radical (unpaired) electrons. The average molecular weight is 334 g/mol. The molecule has 24 heavy (non-hydrogen) atoms. The van der Waals surface area contributed by atoms with E-state index in [0.29, 0.717) is 19.0 Å². The van der Waals surface area contributed by atoms with Crippen LogP contribution in [-0.2, 0) is 16.1 Å². The summed E-state index contributed by atoms with van der Waals surface area (Å²) in [6.45, 7) is 5.26. The Kier molecular flexibility index (Phi) is 6.76. The van der Waals surface area contributed by atoms with Gasteiger partial charge >= 0.3 is 0 Å². The lowest BCUT2D eigenvalue weighted by Crippen LogP contribution is -2.38. The Labute approximate surface area is 143 Å². The minimum Gasteiger partial charge on any atom is -0.356 e. The lowest BCUT2D eigenvalue weighted by atomic mass is 9.81. The fourth-order valence-electron chi connectivity index (χ4n) is 3.00. The molecule has 0 atom stereocenters. The van der Waals surface area contributed by atoms with Crippen LogP contribution in [0.15, 0.2) is 24.3 Å². The average Bonchev–Trinajstić information content (AvgIpc) is 2.59. The van der Waals surface area contributed by atoms with Gasteiger partial charge in [0.2, 0.25) is 11.8 Å². The standard InChI is InChI=1S/C19H27FN2O2/c1-13(2)11-21-18(23)15-5-7-16(8-6-15)19(24)22-12-14-3-9-17(20)10-4-14/h3-4,9-10,13,15-16H,5-8,11-12H2,1-2H3,(H,21,23)(H,22,24). The first-order chi connectivity index (χ1) is 11.5. The summed E-state index contributed by atoms with van der Waals surface area (Å²) in [6.07, 6.45) is 3.02. The summed E-state index contributed by atoms with van der Waals surface area (Å²) in [5.41, 5.74) is 0.881. The maximum absolute atomic E-state index is 12.9. The number of nitrogens with one attached hydrogen (secondary N) is 2. The van der Waals surface area contributed by atoms with Gasteiger partial charge in [-0.2, -0.15) is 0 Å². The van der Waals surface area contributed by atoms with E-state index >= 15 is 0 Å². The SMILES string of the molecule is CC(C)CNC(=O)C1CCC(C(=O)NCc2ccc(F)cc2)CC1. The number of carbonyl (C=O) groups excluding carboxylic acids is 2. The Balaban J connectivity index is 1.72. The van der Waals surface area contributed by atoms with Gasteiger partial charge in [0.15, 0.2) is 0 Å². The Morgan fingerprint density at radius 2 is 1.50 bits per heavy atom. The second-order valence-electron chi connectivity index (χ2n) is 7.03. The number of amides is 2. The molecular weight excluding hydrogens is 307 g/mol. The molecule has 2 N–H and O–H groups in total. The number of halogens is 1. The monoisotopic (exact) mass is 334 g/mol. The zero-order chi connectivity index (χ0) is 17.5. The van der Waals surface area contributed by atoms with E-state index in [1.54, 1.807) is 12.1 Å². The van der Waals surface area contributed by atoms with Crippen molar-refractivity contribution in [1.29, 1.82) is 0 Å². The van der Waals surface area contributed by atoms with Crippen LogP contribution in [0.5, 0.6) is 0 Å². The van der Waals surface area contributed by atoms with Crippen molar-refractivity contribution >= 4 is 11.8 Å². The summed E-state index contributed by atoms with van der Waals surface area (Å²) in [5.74, 6) is 0.320. The molecule has 0 saturated heterocycles. The van der Waals surface area contributed by atoms with Crippen molar-refractivity contribution in [3.8, 4) is 0 Å². The normalized spacial score (nSPS) is 20.7. The van der Waals surface area contributed by atoms with Crippen LogP contribution < -0.4 is 10.6 Å². The molecule has 1 aromatic carbocycles. The van der Waals surface area contributed by atoms with E-state index in [0.717, 1.165) is 31.2 Å². The van der Waals surface area contributed by atoms with E-state index in [-0.39, 0.29) is 29.5 Å². The fraction of sp³-hybridized carbons (Fsp3) is 0.579. The summed E-state index contributed by atoms with van der Waals surface area (Å²) >= 11 is 0. The highest BCUT2D eigenvalue weighted by atomic mass is 19.1. The quantitative estimate of drug-likeness (QED) is 0.840. The molecule has 0 heterocycles. The van der Waals surface area contributed by atoms with Gasteiger partial charge in [0.1, 0.15) is 5.82 Å². The predicted molar refractivity (Wildman–Crippen MR) is 91.5 cm³/mol. The number of hydrogen-bond donors (Lipinski definition) is 2. The van der Waals surface area contributed by atoms with Gasteiger partial charge in [-0.15, -0.1) is 0 Å².